The molecule has 1 saturated heterocycles. The minimum Gasteiger partial charge on any atom is -0.378 e. The number of benzene rings is 2. The van der Waals surface area contributed by atoms with Crippen molar-refractivity contribution >= 4 is 20.8 Å². The Labute approximate surface area is 143 Å². The SMILES string of the molecule is NCCCOC1CCN(S(=O)(=O)c2ccc3ccccc3c2)CC1. The molecule has 2 aromatic carbocycles. The van der Waals surface area contributed by atoms with Crippen LogP contribution in [0.5, 0.6) is 0 Å². The summed E-state index contributed by atoms with van der Waals surface area (Å²) in [6, 6.07) is 13.1. The number of rotatable bonds is 6. The molecule has 0 spiro atoms. The Morgan fingerprint density at radius 1 is 1.08 bits per heavy atom. The summed E-state index contributed by atoms with van der Waals surface area (Å²) in [5.74, 6) is 0. The zero-order valence-electron chi connectivity index (χ0n) is 13.7. The normalized spacial score (nSPS) is 17.4. The molecule has 0 amide bonds. The third-order valence-corrected chi connectivity index (χ3v) is 6.36. The van der Waals surface area contributed by atoms with E-state index in [1.807, 2.05) is 30.3 Å². The Bertz CT molecular complexity index is 784. The van der Waals surface area contributed by atoms with Crippen LogP contribution >= 0.6 is 0 Å². The fourth-order valence-corrected chi connectivity index (χ4v) is 4.55. The molecular formula is C18H24N2O3S. The summed E-state index contributed by atoms with van der Waals surface area (Å²) in [7, 11) is -3.44. The first kappa shape index (κ1) is 17.4. The summed E-state index contributed by atoms with van der Waals surface area (Å²) in [4.78, 5) is 0.365. The highest BCUT2D eigenvalue weighted by molar-refractivity contribution is 7.89. The van der Waals surface area contributed by atoms with Gasteiger partial charge >= 0.3 is 0 Å². The van der Waals surface area contributed by atoms with E-state index in [-0.39, 0.29) is 6.10 Å². The maximum absolute atomic E-state index is 12.9. The molecule has 130 valence electrons. The average Bonchev–Trinajstić information content (AvgIpc) is 2.62. The molecule has 3 rings (SSSR count). The lowest BCUT2D eigenvalue weighted by Gasteiger charge is -2.31. The highest BCUT2D eigenvalue weighted by Gasteiger charge is 2.29. The second-order valence-electron chi connectivity index (χ2n) is 6.13. The van der Waals surface area contributed by atoms with Crippen LogP contribution in [0.4, 0.5) is 0 Å². The maximum atomic E-state index is 12.9. The number of fused-ring (bicyclic) bond motifs is 1. The van der Waals surface area contributed by atoms with E-state index in [1.165, 1.54) is 0 Å². The third kappa shape index (κ3) is 3.78. The highest BCUT2D eigenvalue weighted by atomic mass is 32.2. The Morgan fingerprint density at radius 3 is 2.50 bits per heavy atom. The van der Waals surface area contributed by atoms with Gasteiger partial charge in [-0.05, 0) is 48.7 Å². The number of nitrogens with two attached hydrogens (primary N) is 1. The van der Waals surface area contributed by atoms with Crippen LogP contribution in [0.3, 0.4) is 0 Å². The van der Waals surface area contributed by atoms with Crippen LogP contribution in [0.1, 0.15) is 19.3 Å². The van der Waals surface area contributed by atoms with E-state index >= 15 is 0 Å². The number of nitrogens with zero attached hydrogens (tertiary/aromatic N) is 1. The summed E-state index contributed by atoms with van der Waals surface area (Å²) < 4.78 is 33.0. The molecule has 24 heavy (non-hydrogen) atoms. The minimum atomic E-state index is -3.44. The van der Waals surface area contributed by atoms with Crippen LogP contribution in [-0.4, -0.2) is 45.1 Å². The Balaban J connectivity index is 1.69. The van der Waals surface area contributed by atoms with Crippen molar-refractivity contribution in [1.82, 2.24) is 4.31 Å². The fourth-order valence-electron chi connectivity index (χ4n) is 3.05. The van der Waals surface area contributed by atoms with Crippen molar-refractivity contribution in [3.8, 4) is 0 Å². The molecule has 1 aliphatic heterocycles. The predicted molar refractivity (Wildman–Crippen MR) is 95.4 cm³/mol. The number of piperidine rings is 1. The molecule has 0 radical (unpaired) electrons. The lowest BCUT2D eigenvalue weighted by molar-refractivity contribution is 0.0209. The van der Waals surface area contributed by atoms with Crippen LogP contribution in [0.2, 0.25) is 0 Å². The molecule has 0 aliphatic carbocycles. The number of hydrogen-bond donors (Lipinski definition) is 1. The van der Waals surface area contributed by atoms with Crippen molar-refractivity contribution in [3.05, 3.63) is 42.5 Å². The predicted octanol–water partition coefficient (Wildman–Crippen LogP) is 2.36. The summed E-state index contributed by atoms with van der Waals surface area (Å²) in [5.41, 5.74) is 5.46. The van der Waals surface area contributed by atoms with Crippen LogP contribution in [-0.2, 0) is 14.8 Å². The second-order valence-corrected chi connectivity index (χ2v) is 8.06. The number of sulfonamides is 1. The lowest BCUT2D eigenvalue weighted by atomic mass is 10.1. The molecule has 1 fully saturated rings. The van der Waals surface area contributed by atoms with Crippen LogP contribution < -0.4 is 5.73 Å². The van der Waals surface area contributed by atoms with Crippen LogP contribution in [0, 0.1) is 0 Å². The molecular weight excluding hydrogens is 324 g/mol. The first-order valence-electron chi connectivity index (χ1n) is 8.42. The van der Waals surface area contributed by atoms with Crippen LogP contribution in [0.15, 0.2) is 47.4 Å². The molecule has 2 N–H and O–H groups in total. The van der Waals surface area contributed by atoms with Crippen molar-refractivity contribution in [2.75, 3.05) is 26.2 Å². The first-order valence-corrected chi connectivity index (χ1v) is 9.86. The van der Waals surface area contributed by atoms with Crippen molar-refractivity contribution in [1.29, 1.82) is 0 Å². The number of hydrogen-bond acceptors (Lipinski definition) is 4. The van der Waals surface area contributed by atoms with Gasteiger partial charge in [-0.1, -0.05) is 30.3 Å². The van der Waals surface area contributed by atoms with E-state index in [0.29, 0.717) is 31.1 Å². The van der Waals surface area contributed by atoms with Crippen molar-refractivity contribution in [2.45, 2.75) is 30.3 Å². The second kappa shape index (κ2) is 7.61. The van der Waals surface area contributed by atoms with Gasteiger partial charge in [0, 0.05) is 19.7 Å². The lowest BCUT2D eigenvalue weighted by Crippen LogP contribution is -2.41. The Hall–Kier alpha value is -1.47. The average molecular weight is 348 g/mol. The maximum Gasteiger partial charge on any atom is 0.243 e. The van der Waals surface area contributed by atoms with E-state index in [4.69, 9.17) is 10.5 Å². The van der Waals surface area contributed by atoms with Gasteiger partial charge in [0.25, 0.3) is 0 Å². The molecule has 1 aliphatic rings. The molecule has 0 bridgehead atoms. The van der Waals surface area contributed by atoms with Gasteiger partial charge in [0.05, 0.1) is 11.0 Å². The van der Waals surface area contributed by atoms with Gasteiger partial charge < -0.3 is 10.5 Å². The highest BCUT2D eigenvalue weighted by Crippen LogP contribution is 2.25. The monoisotopic (exact) mass is 348 g/mol. The zero-order valence-corrected chi connectivity index (χ0v) is 14.5. The molecule has 0 saturated carbocycles. The zero-order chi connectivity index (χ0) is 17.0. The summed E-state index contributed by atoms with van der Waals surface area (Å²) in [6.07, 6.45) is 2.45. The molecule has 0 atom stereocenters. The van der Waals surface area contributed by atoms with Gasteiger partial charge in [-0.2, -0.15) is 4.31 Å². The van der Waals surface area contributed by atoms with E-state index in [0.717, 1.165) is 30.0 Å². The molecule has 6 heteroatoms. The smallest absolute Gasteiger partial charge is 0.243 e. The van der Waals surface area contributed by atoms with Gasteiger partial charge in [0.1, 0.15) is 0 Å². The molecule has 2 aromatic rings. The first-order chi connectivity index (χ1) is 11.6. The van der Waals surface area contributed by atoms with Gasteiger partial charge in [0.15, 0.2) is 0 Å². The van der Waals surface area contributed by atoms with Gasteiger partial charge in [-0.15, -0.1) is 0 Å². The van der Waals surface area contributed by atoms with Crippen LogP contribution in [0.25, 0.3) is 10.8 Å². The van der Waals surface area contributed by atoms with Crippen molar-refractivity contribution < 1.29 is 13.2 Å². The van der Waals surface area contributed by atoms with Crippen molar-refractivity contribution in [2.24, 2.45) is 5.73 Å². The Kier molecular flexibility index (Phi) is 5.50. The standard InChI is InChI=1S/C18H24N2O3S/c19-10-3-13-23-17-8-11-20(12-9-17)24(21,22)18-7-6-15-4-1-2-5-16(15)14-18/h1-2,4-7,14,17H,3,8-13,19H2. The van der Waals surface area contributed by atoms with Crippen molar-refractivity contribution in [3.63, 3.8) is 0 Å². The number of ether oxygens (including phenoxy) is 1. The topological polar surface area (TPSA) is 72.6 Å². The van der Waals surface area contributed by atoms with E-state index in [9.17, 15) is 8.42 Å². The van der Waals surface area contributed by atoms with E-state index < -0.39 is 10.0 Å². The molecule has 0 unspecified atom stereocenters. The van der Waals surface area contributed by atoms with Gasteiger partial charge in [-0.3, -0.25) is 0 Å². The fraction of sp³-hybridized carbons (Fsp3) is 0.444. The third-order valence-electron chi connectivity index (χ3n) is 4.46. The Morgan fingerprint density at radius 2 is 1.79 bits per heavy atom. The molecule has 1 heterocycles. The van der Waals surface area contributed by atoms with E-state index in [1.54, 1.807) is 16.4 Å². The summed E-state index contributed by atoms with van der Waals surface area (Å²) in [6.45, 7) is 2.28. The largest absolute Gasteiger partial charge is 0.378 e. The molecule has 5 nitrogen and oxygen atoms in total. The van der Waals surface area contributed by atoms with Gasteiger partial charge in [0.2, 0.25) is 10.0 Å². The minimum absolute atomic E-state index is 0.139. The van der Waals surface area contributed by atoms with E-state index in [2.05, 4.69) is 0 Å². The summed E-state index contributed by atoms with van der Waals surface area (Å²) in [5, 5.41) is 1.99. The van der Waals surface area contributed by atoms with Gasteiger partial charge in [-0.25, -0.2) is 8.42 Å². The molecule has 0 aromatic heterocycles. The quantitative estimate of drug-likeness (QED) is 0.814. The summed E-state index contributed by atoms with van der Waals surface area (Å²) >= 11 is 0.